The normalized spacial score (nSPS) is 15.0. The molecule has 0 aromatic heterocycles. The molecule has 1 amide bonds. The molecule has 1 aliphatic rings. The Kier molecular flexibility index (Phi) is 3.88. The van der Waals surface area contributed by atoms with Gasteiger partial charge in [-0.05, 0) is 22.8 Å². The molecule has 102 valence electrons. The number of allylic oxidation sites excluding steroid dienone is 2. The maximum atomic E-state index is 11.8. The zero-order valence-corrected chi connectivity index (χ0v) is 11.6. The smallest absolute Gasteiger partial charge is 0.267 e. The van der Waals surface area contributed by atoms with Crippen LogP contribution in [0.1, 0.15) is 17.5 Å². The van der Waals surface area contributed by atoms with Crippen LogP contribution in [0.5, 0.6) is 0 Å². The predicted octanol–water partition coefficient (Wildman–Crippen LogP) is 4.15. The third-order valence-electron chi connectivity index (χ3n) is 3.34. The Morgan fingerprint density at radius 3 is 2.24 bits per heavy atom. The second-order valence-electron chi connectivity index (χ2n) is 4.90. The van der Waals surface area contributed by atoms with Crippen LogP contribution in [0.25, 0.3) is 11.6 Å². The Morgan fingerprint density at radius 1 is 0.857 bits per heavy atom. The number of nitrogens with zero attached hydrogens (tertiary/aromatic N) is 1. The van der Waals surface area contributed by atoms with Gasteiger partial charge in [0.2, 0.25) is 0 Å². The minimum atomic E-state index is -0.187. The first-order chi connectivity index (χ1) is 10.3. The number of dihydropyridines is 1. The summed E-state index contributed by atoms with van der Waals surface area (Å²) in [6, 6.07) is 20.0. The Hall–Kier alpha value is -2.74. The summed E-state index contributed by atoms with van der Waals surface area (Å²) in [5.74, 6) is -0.187. The summed E-state index contributed by atoms with van der Waals surface area (Å²) in [6.45, 7) is 0. The van der Waals surface area contributed by atoms with Crippen molar-refractivity contribution in [2.75, 3.05) is 0 Å². The van der Waals surface area contributed by atoms with E-state index in [1.54, 1.807) is 6.08 Å². The van der Waals surface area contributed by atoms with Crippen LogP contribution >= 0.6 is 0 Å². The second-order valence-corrected chi connectivity index (χ2v) is 4.90. The quantitative estimate of drug-likeness (QED) is 0.825. The number of aliphatic imine (C=N–C) groups is 1. The number of carbonyl (C=O) groups excluding carboxylic acids is 1. The van der Waals surface area contributed by atoms with Crippen LogP contribution in [0.15, 0.2) is 77.8 Å². The molecule has 0 spiro atoms. The van der Waals surface area contributed by atoms with Gasteiger partial charge in [0, 0.05) is 18.2 Å². The first kappa shape index (κ1) is 13.3. The molecular weight excluding hydrogens is 258 g/mol. The van der Waals surface area contributed by atoms with Gasteiger partial charge in [0.25, 0.3) is 5.91 Å². The fourth-order valence-electron chi connectivity index (χ4n) is 2.30. The summed E-state index contributed by atoms with van der Waals surface area (Å²) in [4.78, 5) is 15.9. The molecule has 21 heavy (non-hydrogen) atoms. The molecule has 0 saturated carbocycles. The highest BCUT2D eigenvalue weighted by Crippen LogP contribution is 2.22. The first-order valence-corrected chi connectivity index (χ1v) is 6.92. The van der Waals surface area contributed by atoms with Gasteiger partial charge in [-0.2, -0.15) is 0 Å². The summed E-state index contributed by atoms with van der Waals surface area (Å²) in [5.41, 5.74) is 3.99. The third kappa shape index (κ3) is 3.42. The van der Waals surface area contributed by atoms with Crippen LogP contribution in [-0.4, -0.2) is 11.6 Å². The van der Waals surface area contributed by atoms with Crippen molar-refractivity contribution < 1.29 is 4.79 Å². The van der Waals surface area contributed by atoms with Gasteiger partial charge in [-0.3, -0.25) is 4.79 Å². The van der Waals surface area contributed by atoms with Crippen molar-refractivity contribution in [3.63, 3.8) is 0 Å². The Labute approximate surface area is 124 Å². The van der Waals surface area contributed by atoms with E-state index in [0.717, 1.165) is 22.4 Å². The van der Waals surface area contributed by atoms with Crippen LogP contribution in [0.3, 0.4) is 0 Å². The largest absolute Gasteiger partial charge is 0.270 e. The van der Waals surface area contributed by atoms with Gasteiger partial charge in [-0.1, -0.05) is 66.7 Å². The van der Waals surface area contributed by atoms with Crippen LogP contribution in [-0.2, 0) is 4.79 Å². The van der Waals surface area contributed by atoms with Gasteiger partial charge in [-0.25, -0.2) is 4.99 Å². The van der Waals surface area contributed by atoms with E-state index in [4.69, 9.17) is 0 Å². The van der Waals surface area contributed by atoms with Crippen LogP contribution in [0, 0.1) is 0 Å². The van der Waals surface area contributed by atoms with E-state index < -0.39 is 0 Å². The number of hydrogen-bond donors (Lipinski definition) is 0. The summed E-state index contributed by atoms with van der Waals surface area (Å²) < 4.78 is 0. The van der Waals surface area contributed by atoms with Gasteiger partial charge < -0.3 is 0 Å². The topological polar surface area (TPSA) is 29.4 Å². The van der Waals surface area contributed by atoms with Crippen LogP contribution in [0.2, 0.25) is 0 Å². The molecule has 0 aliphatic carbocycles. The summed E-state index contributed by atoms with van der Waals surface area (Å²) >= 11 is 0. The first-order valence-electron chi connectivity index (χ1n) is 6.92. The average molecular weight is 273 g/mol. The number of rotatable bonds is 3. The molecule has 0 fully saturated rings. The van der Waals surface area contributed by atoms with Crippen molar-refractivity contribution in [1.29, 1.82) is 0 Å². The highest BCUT2D eigenvalue weighted by molar-refractivity contribution is 6.16. The number of benzene rings is 2. The monoisotopic (exact) mass is 273 g/mol. The summed E-state index contributed by atoms with van der Waals surface area (Å²) in [6.07, 6.45) is 6.21. The highest BCUT2D eigenvalue weighted by atomic mass is 16.1. The SMILES string of the molecule is O=C1C=C(c2ccccc2)CC(/C=C/c2ccccc2)=N1. The molecule has 0 saturated heterocycles. The molecule has 0 bridgehead atoms. The van der Waals surface area contributed by atoms with E-state index in [-0.39, 0.29) is 5.91 Å². The lowest BCUT2D eigenvalue weighted by Gasteiger charge is -2.11. The van der Waals surface area contributed by atoms with Gasteiger partial charge in [0.15, 0.2) is 0 Å². The molecule has 0 N–H and O–H groups in total. The lowest BCUT2D eigenvalue weighted by molar-refractivity contribution is -0.113. The van der Waals surface area contributed by atoms with E-state index in [1.165, 1.54) is 0 Å². The standard InChI is InChI=1S/C19H15NO/c21-19-14-17(16-9-5-2-6-10-16)13-18(20-19)12-11-15-7-3-1-4-8-15/h1-12,14H,13H2/b12-11+. The van der Waals surface area contributed by atoms with Crippen molar-refractivity contribution in [1.82, 2.24) is 0 Å². The fourth-order valence-corrected chi connectivity index (χ4v) is 2.30. The molecule has 2 aromatic rings. The lowest BCUT2D eigenvalue weighted by atomic mass is 9.97. The third-order valence-corrected chi connectivity index (χ3v) is 3.34. The van der Waals surface area contributed by atoms with Crippen molar-refractivity contribution in [2.24, 2.45) is 4.99 Å². The highest BCUT2D eigenvalue weighted by Gasteiger charge is 2.12. The molecule has 0 unspecified atom stereocenters. The molecular formula is C19H15NO. The number of amides is 1. The average Bonchev–Trinajstić information content (AvgIpc) is 2.54. The summed E-state index contributed by atoms with van der Waals surface area (Å²) in [5, 5.41) is 0. The Morgan fingerprint density at radius 2 is 1.52 bits per heavy atom. The van der Waals surface area contributed by atoms with Crippen LogP contribution < -0.4 is 0 Å². The van der Waals surface area contributed by atoms with Crippen molar-refractivity contribution in [3.8, 4) is 0 Å². The molecule has 1 heterocycles. The Bertz CT molecular complexity index is 725. The number of hydrogen-bond acceptors (Lipinski definition) is 1. The maximum Gasteiger partial charge on any atom is 0.270 e. The predicted molar refractivity (Wildman–Crippen MR) is 87.0 cm³/mol. The van der Waals surface area contributed by atoms with E-state index in [1.807, 2.05) is 72.8 Å². The van der Waals surface area contributed by atoms with Crippen LogP contribution in [0.4, 0.5) is 0 Å². The van der Waals surface area contributed by atoms with Crippen molar-refractivity contribution in [3.05, 3.63) is 83.9 Å². The molecule has 2 aromatic carbocycles. The zero-order chi connectivity index (χ0) is 14.5. The molecule has 1 aliphatic heterocycles. The summed E-state index contributed by atoms with van der Waals surface area (Å²) in [7, 11) is 0. The van der Waals surface area contributed by atoms with Gasteiger partial charge >= 0.3 is 0 Å². The van der Waals surface area contributed by atoms with E-state index in [0.29, 0.717) is 6.42 Å². The van der Waals surface area contributed by atoms with Gasteiger partial charge in [0.1, 0.15) is 0 Å². The maximum absolute atomic E-state index is 11.8. The molecule has 2 heteroatoms. The lowest BCUT2D eigenvalue weighted by Crippen LogP contribution is -2.07. The fraction of sp³-hybridized carbons (Fsp3) is 0.0526. The minimum Gasteiger partial charge on any atom is -0.267 e. The minimum absolute atomic E-state index is 0.187. The van der Waals surface area contributed by atoms with E-state index in [9.17, 15) is 4.79 Å². The van der Waals surface area contributed by atoms with Crippen molar-refractivity contribution >= 4 is 23.3 Å². The molecule has 0 atom stereocenters. The van der Waals surface area contributed by atoms with Gasteiger partial charge in [-0.15, -0.1) is 0 Å². The molecule has 3 rings (SSSR count). The van der Waals surface area contributed by atoms with E-state index in [2.05, 4.69) is 4.99 Å². The second kappa shape index (κ2) is 6.14. The Balaban J connectivity index is 1.80. The molecule has 2 nitrogen and oxygen atoms in total. The zero-order valence-electron chi connectivity index (χ0n) is 11.6. The van der Waals surface area contributed by atoms with Crippen molar-refractivity contribution in [2.45, 2.75) is 6.42 Å². The number of carbonyl (C=O) groups is 1. The van der Waals surface area contributed by atoms with E-state index >= 15 is 0 Å². The molecule has 0 radical (unpaired) electrons. The van der Waals surface area contributed by atoms with Gasteiger partial charge in [0.05, 0.1) is 0 Å².